The first-order valence-corrected chi connectivity index (χ1v) is 7.82. The molecular weight excluding hydrogens is 308 g/mol. The summed E-state index contributed by atoms with van der Waals surface area (Å²) in [5.41, 5.74) is 1.87. The first-order valence-electron chi connectivity index (χ1n) is 7.00. The summed E-state index contributed by atoms with van der Waals surface area (Å²) >= 11 is 1.31. The number of H-pyrrole nitrogens is 2. The third kappa shape index (κ3) is 1.99. The molecule has 4 rings (SSSR count). The molecule has 3 heterocycles. The van der Waals surface area contributed by atoms with E-state index >= 15 is 0 Å². The highest BCUT2D eigenvalue weighted by atomic mass is 32.1. The quantitative estimate of drug-likeness (QED) is 0.718. The van der Waals surface area contributed by atoms with E-state index in [1.54, 1.807) is 19.3 Å². The van der Waals surface area contributed by atoms with E-state index in [0.717, 1.165) is 10.4 Å². The Labute approximate surface area is 128 Å². The van der Waals surface area contributed by atoms with Crippen molar-refractivity contribution in [3.63, 3.8) is 0 Å². The molecule has 114 valence electrons. The zero-order valence-corrected chi connectivity index (χ0v) is 12.6. The standard InChI is InChI=1S/C15H13F2N3OS/c1-7-3-15(16,17)4-10-9-2-11(8-5-18-19-6-8)22-13(9)14(21)20-12(7)10/h2,5-7H,3-4H2,1H3,(H,18,19)(H,20,21). The molecular formula is C15H13F2N3OS. The predicted octanol–water partition coefficient (Wildman–Crippen LogP) is 3.66. The number of rotatable bonds is 1. The molecule has 0 aromatic carbocycles. The first-order chi connectivity index (χ1) is 10.4. The van der Waals surface area contributed by atoms with Crippen molar-refractivity contribution in [1.82, 2.24) is 15.2 Å². The van der Waals surface area contributed by atoms with Gasteiger partial charge in [0.05, 0.1) is 6.20 Å². The van der Waals surface area contributed by atoms with Gasteiger partial charge >= 0.3 is 0 Å². The Morgan fingerprint density at radius 1 is 1.45 bits per heavy atom. The molecule has 0 fully saturated rings. The lowest BCUT2D eigenvalue weighted by Gasteiger charge is -2.29. The van der Waals surface area contributed by atoms with Crippen LogP contribution in [-0.2, 0) is 6.42 Å². The number of nitrogens with one attached hydrogen (secondary N) is 2. The van der Waals surface area contributed by atoms with Crippen LogP contribution in [0.2, 0.25) is 0 Å². The molecule has 0 saturated heterocycles. The largest absolute Gasteiger partial charge is 0.324 e. The Morgan fingerprint density at radius 2 is 2.27 bits per heavy atom. The van der Waals surface area contributed by atoms with Crippen LogP contribution in [-0.4, -0.2) is 21.1 Å². The van der Waals surface area contributed by atoms with E-state index in [1.807, 2.05) is 6.07 Å². The fraction of sp³-hybridized carbons (Fsp3) is 0.333. The average Bonchev–Trinajstić information content (AvgIpc) is 3.07. The Morgan fingerprint density at radius 3 is 3.00 bits per heavy atom. The van der Waals surface area contributed by atoms with Crippen LogP contribution in [0.4, 0.5) is 8.78 Å². The number of thiophene rings is 1. The van der Waals surface area contributed by atoms with Gasteiger partial charge in [-0.3, -0.25) is 9.89 Å². The maximum atomic E-state index is 13.9. The van der Waals surface area contributed by atoms with E-state index < -0.39 is 5.92 Å². The summed E-state index contributed by atoms with van der Waals surface area (Å²) in [6.45, 7) is 1.73. The number of aromatic amines is 2. The predicted molar refractivity (Wildman–Crippen MR) is 81.7 cm³/mol. The van der Waals surface area contributed by atoms with Gasteiger partial charge in [0.1, 0.15) is 4.70 Å². The zero-order chi connectivity index (χ0) is 15.5. The third-order valence-electron chi connectivity index (χ3n) is 4.15. The molecule has 0 bridgehead atoms. The number of pyridine rings is 1. The van der Waals surface area contributed by atoms with Gasteiger partial charge in [-0.25, -0.2) is 8.78 Å². The van der Waals surface area contributed by atoms with Gasteiger partial charge in [-0.15, -0.1) is 11.3 Å². The molecule has 1 unspecified atom stereocenters. The molecule has 1 aliphatic carbocycles. The minimum atomic E-state index is -2.73. The summed E-state index contributed by atoms with van der Waals surface area (Å²) in [5.74, 6) is -3.08. The van der Waals surface area contributed by atoms with Crippen molar-refractivity contribution in [2.24, 2.45) is 0 Å². The van der Waals surface area contributed by atoms with Gasteiger partial charge in [0.25, 0.3) is 11.5 Å². The molecule has 3 aromatic rings. The maximum absolute atomic E-state index is 13.9. The number of hydrogen-bond donors (Lipinski definition) is 2. The van der Waals surface area contributed by atoms with Crippen LogP contribution in [0.25, 0.3) is 20.5 Å². The van der Waals surface area contributed by atoms with Crippen LogP contribution >= 0.6 is 11.3 Å². The molecule has 0 radical (unpaired) electrons. The molecule has 3 aromatic heterocycles. The van der Waals surface area contributed by atoms with Crippen LogP contribution in [0, 0.1) is 0 Å². The van der Waals surface area contributed by atoms with Crippen molar-refractivity contribution in [3.05, 3.63) is 40.1 Å². The highest BCUT2D eigenvalue weighted by molar-refractivity contribution is 7.22. The lowest BCUT2D eigenvalue weighted by molar-refractivity contribution is -0.0192. The van der Waals surface area contributed by atoms with Gasteiger partial charge in [-0.2, -0.15) is 5.10 Å². The fourth-order valence-corrected chi connectivity index (χ4v) is 4.27. The van der Waals surface area contributed by atoms with Crippen LogP contribution in [0.5, 0.6) is 0 Å². The number of hydrogen-bond acceptors (Lipinski definition) is 3. The molecule has 7 heteroatoms. The molecule has 22 heavy (non-hydrogen) atoms. The summed E-state index contributed by atoms with van der Waals surface area (Å²) in [5, 5.41) is 7.25. The number of aromatic nitrogens is 3. The Balaban J connectivity index is 2.00. The summed E-state index contributed by atoms with van der Waals surface area (Å²) in [6, 6.07) is 1.83. The van der Waals surface area contributed by atoms with Gasteiger partial charge in [-0.1, -0.05) is 6.92 Å². The molecule has 0 amide bonds. The molecule has 0 saturated carbocycles. The van der Waals surface area contributed by atoms with E-state index in [9.17, 15) is 13.6 Å². The van der Waals surface area contributed by atoms with E-state index in [4.69, 9.17) is 0 Å². The Hall–Kier alpha value is -2.02. The van der Waals surface area contributed by atoms with Gasteiger partial charge in [0.15, 0.2) is 0 Å². The first kappa shape index (κ1) is 13.6. The van der Waals surface area contributed by atoms with Crippen molar-refractivity contribution >= 4 is 21.4 Å². The number of fused-ring (bicyclic) bond motifs is 3. The lowest BCUT2D eigenvalue weighted by Crippen LogP contribution is -2.30. The van der Waals surface area contributed by atoms with Crippen LogP contribution in [0.15, 0.2) is 23.3 Å². The Kier molecular flexibility index (Phi) is 2.78. The molecule has 1 atom stereocenters. The van der Waals surface area contributed by atoms with Gasteiger partial charge < -0.3 is 4.98 Å². The SMILES string of the molecule is CC1CC(F)(F)Cc2c1[nH]c(=O)c1sc(-c3cn[nH]c3)cc21. The number of nitrogens with zero attached hydrogens (tertiary/aromatic N) is 1. The normalized spacial score (nSPS) is 20.2. The highest BCUT2D eigenvalue weighted by Crippen LogP contribution is 2.43. The molecule has 1 aliphatic rings. The summed E-state index contributed by atoms with van der Waals surface area (Å²) < 4.78 is 28.4. The van der Waals surface area contributed by atoms with Crippen molar-refractivity contribution in [2.75, 3.05) is 0 Å². The van der Waals surface area contributed by atoms with Gasteiger partial charge in [0.2, 0.25) is 0 Å². The molecule has 0 aliphatic heterocycles. The topological polar surface area (TPSA) is 61.5 Å². The van der Waals surface area contributed by atoms with Crippen LogP contribution < -0.4 is 5.56 Å². The van der Waals surface area contributed by atoms with Crippen LogP contribution in [0.3, 0.4) is 0 Å². The Bertz CT molecular complexity index is 911. The van der Waals surface area contributed by atoms with Crippen molar-refractivity contribution in [3.8, 4) is 10.4 Å². The highest BCUT2D eigenvalue weighted by Gasteiger charge is 2.39. The van der Waals surface area contributed by atoms with Crippen molar-refractivity contribution in [1.29, 1.82) is 0 Å². The van der Waals surface area contributed by atoms with E-state index in [-0.39, 0.29) is 24.3 Å². The van der Waals surface area contributed by atoms with Crippen LogP contribution in [0.1, 0.15) is 30.5 Å². The van der Waals surface area contributed by atoms with E-state index in [0.29, 0.717) is 21.3 Å². The van der Waals surface area contributed by atoms with Gasteiger partial charge in [0, 0.05) is 46.5 Å². The molecule has 4 nitrogen and oxygen atoms in total. The number of halogens is 2. The second kappa shape index (κ2) is 4.49. The summed E-state index contributed by atoms with van der Waals surface area (Å²) in [4.78, 5) is 16.0. The van der Waals surface area contributed by atoms with Gasteiger partial charge in [-0.05, 0) is 11.6 Å². The van der Waals surface area contributed by atoms with E-state index in [2.05, 4.69) is 15.2 Å². The molecule has 2 N–H and O–H groups in total. The fourth-order valence-electron chi connectivity index (χ4n) is 3.20. The lowest BCUT2D eigenvalue weighted by atomic mass is 9.84. The smallest absolute Gasteiger partial charge is 0.266 e. The average molecular weight is 321 g/mol. The van der Waals surface area contributed by atoms with Crippen molar-refractivity contribution in [2.45, 2.75) is 31.6 Å². The second-order valence-corrected chi connectivity index (χ2v) is 6.88. The maximum Gasteiger partial charge on any atom is 0.266 e. The van der Waals surface area contributed by atoms with E-state index in [1.165, 1.54) is 11.3 Å². The third-order valence-corrected chi connectivity index (χ3v) is 5.34. The second-order valence-electron chi connectivity index (χ2n) is 5.82. The number of alkyl halides is 2. The zero-order valence-electron chi connectivity index (χ0n) is 11.7. The summed E-state index contributed by atoms with van der Waals surface area (Å²) in [7, 11) is 0. The minimum absolute atomic E-state index is 0.203. The molecule has 0 spiro atoms. The van der Waals surface area contributed by atoms with Crippen molar-refractivity contribution < 1.29 is 8.78 Å². The summed E-state index contributed by atoms with van der Waals surface area (Å²) in [6.07, 6.45) is 2.84. The minimum Gasteiger partial charge on any atom is -0.324 e. The monoisotopic (exact) mass is 321 g/mol.